The summed E-state index contributed by atoms with van der Waals surface area (Å²) in [5.74, 6) is 0.0245. The van der Waals surface area contributed by atoms with Crippen LogP contribution in [0.5, 0.6) is 0 Å². The van der Waals surface area contributed by atoms with Crippen molar-refractivity contribution >= 4 is 51.2 Å². The highest BCUT2D eigenvalue weighted by molar-refractivity contribution is 9.10. The first-order chi connectivity index (χ1) is 12.0. The number of benzene rings is 1. The second-order valence-corrected chi connectivity index (χ2v) is 6.53. The number of hydrogen-bond donors (Lipinski definition) is 1. The summed E-state index contributed by atoms with van der Waals surface area (Å²) >= 11 is 8.39. The molecule has 126 valence electrons. The van der Waals surface area contributed by atoms with E-state index in [-0.39, 0.29) is 17.2 Å². The summed E-state index contributed by atoms with van der Waals surface area (Å²) in [6.45, 7) is 3.81. The van der Waals surface area contributed by atoms with Crippen LogP contribution in [0.3, 0.4) is 0 Å². The van der Waals surface area contributed by atoms with E-state index in [9.17, 15) is 9.59 Å². The maximum absolute atomic E-state index is 12.5. The van der Waals surface area contributed by atoms with E-state index in [1.807, 2.05) is 24.3 Å². The molecule has 7 heteroatoms. The van der Waals surface area contributed by atoms with E-state index in [2.05, 4.69) is 27.8 Å². The molecule has 3 rings (SSSR count). The minimum atomic E-state index is -0.545. The van der Waals surface area contributed by atoms with Crippen molar-refractivity contribution in [1.29, 1.82) is 0 Å². The van der Waals surface area contributed by atoms with Crippen LogP contribution in [0.4, 0.5) is 0 Å². The molecule has 5 nitrogen and oxygen atoms in total. The molecule has 0 aliphatic carbocycles. The molecule has 1 aliphatic heterocycles. The van der Waals surface area contributed by atoms with Gasteiger partial charge in [0.2, 0.25) is 0 Å². The van der Waals surface area contributed by atoms with Gasteiger partial charge in [0.05, 0.1) is 0 Å². The molecular formula is C18H13BrN2O3S. The third-order valence-electron chi connectivity index (χ3n) is 3.54. The van der Waals surface area contributed by atoms with E-state index in [0.29, 0.717) is 11.5 Å². The number of furan rings is 1. The normalized spacial score (nSPS) is 16.3. The molecule has 2 aromatic rings. The fourth-order valence-electron chi connectivity index (χ4n) is 2.33. The monoisotopic (exact) mass is 416 g/mol. The second-order valence-electron chi connectivity index (χ2n) is 5.23. The molecule has 2 heterocycles. The molecule has 1 aromatic heterocycles. The Balaban J connectivity index is 1.90. The van der Waals surface area contributed by atoms with Gasteiger partial charge in [-0.1, -0.05) is 34.1 Å². The molecular weight excluding hydrogens is 404 g/mol. The number of nitrogens with zero attached hydrogens (tertiary/aromatic N) is 1. The summed E-state index contributed by atoms with van der Waals surface area (Å²) in [4.78, 5) is 25.8. The molecule has 0 saturated carbocycles. The highest BCUT2D eigenvalue weighted by atomic mass is 79.9. The van der Waals surface area contributed by atoms with Crippen LogP contribution in [0.2, 0.25) is 0 Å². The smallest absolute Gasteiger partial charge is 0.266 e. The number of carbonyl (C=O) groups excluding carboxylic acids is 2. The topological polar surface area (TPSA) is 62.6 Å². The molecule has 1 aromatic carbocycles. The summed E-state index contributed by atoms with van der Waals surface area (Å²) < 4.78 is 6.70. The van der Waals surface area contributed by atoms with E-state index in [0.717, 1.165) is 10.0 Å². The third kappa shape index (κ3) is 3.62. The number of nitrogens with one attached hydrogen (secondary N) is 1. The zero-order valence-corrected chi connectivity index (χ0v) is 15.4. The van der Waals surface area contributed by atoms with Crippen LogP contribution in [0.15, 0.2) is 63.5 Å². The summed E-state index contributed by atoms with van der Waals surface area (Å²) in [5.41, 5.74) is 0.855. The fraction of sp³-hybridized carbons (Fsp3) is 0.0556. The Kier molecular flexibility index (Phi) is 4.96. The Morgan fingerprint density at radius 2 is 1.92 bits per heavy atom. The minimum absolute atomic E-state index is 0.0350. The summed E-state index contributed by atoms with van der Waals surface area (Å²) in [7, 11) is 0. The van der Waals surface area contributed by atoms with E-state index in [4.69, 9.17) is 16.6 Å². The number of amides is 2. The highest BCUT2D eigenvalue weighted by Gasteiger charge is 2.32. The average Bonchev–Trinajstić information content (AvgIpc) is 3.05. The summed E-state index contributed by atoms with van der Waals surface area (Å²) in [5, 5.41) is 2.57. The quantitative estimate of drug-likeness (QED) is 0.358. The Labute approximate surface area is 158 Å². The Hall–Kier alpha value is -2.51. The van der Waals surface area contributed by atoms with Gasteiger partial charge in [-0.2, -0.15) is 0 Å². The lowest BCUT2D eigenvalue weighted by Crippen LogP contribution is -2.53. The van der Waals surface area contributed by atoms with Crippen molar-refractivity contribution in [2.75, 3.05) is 6.54 Å². The largest absolute Gasteiger partial charge is 0.457 e. The Morgan fingerprint density at radius 3 is 2.60 bits per heavy atom. The molecule has 0 radical (unpaired) electrons. The molecule has 0 spiro atoms. The van der Waals surface area contributed by atoms with Gasteiger partial charge in [0.15, 0.2) is 5.11 Å². The number of halogens is 1. The summed E-state index contributed by atoms with van der Waals surface area (Å²) in [6.07, 6.45) is 2.95. The number of carbonyl (C=O) groups is 2. The van der Waals surface area contributed by atoms with Crippen molar-refractivity contribution in [2.24, 2.45) is 0 Å². The molecule has 1 aliphatic rings. The molecule has 0 unspecified atom stereocenters. The van der Waals surface area contributed by atoms with Crippen LogP contribution in [0.1, 0.15) is 5.76 Å². The fourth-order valence-corrected chi connectivity index (χ4v) is 2.85. The lowest BCUT2D eigenvalue weighted by molar-refractivity contribution is -0.128. The van der Waals surface area contributed by atoms with Gasteiger partial charge >= 0.3 is 0 Å². The zero-order chi connectivity index (χ0) is 18.0. The second kappa shape index (κ2) is 7.16. The van der Waals surface area contributed by atoms with Crippen molar-refractivity contribution in [1.82, 2.24) is 10.2 Å². The maximum Gasteiger partial charge on any atom is 0.266 e. The van der Waals surface area contributed by atoms with Gasteiger partial charge < -0.3 is 4.42 Å². The van der Waals surface area contributed by atoms with Crippen LogP contribution in [-0.4, -0.2) is 28.4 Å². The van der Waals surface area contributed by atoms with E-state index < -0.39 is 11.8 Å². The van der Waals surface area contributed by atoms with Crippen molar-refractivity contribution < 1.29 is 14.0 Å². The molecule has 1 N–H and O–H groups in total. The van der Waals surface area contributed by atoms with Gasteiger partial charge in [-0.05, 0) is 42.6 Å². The number of hydrogen-bond acceptors (Lipinski definition) is 4. The van der Waals surface area contributed by atoms with Gasteiger partial charge in [0.1, 0.15) is 17.1 Å². The maximum atomic E-state index is 12.5. The number of thiocarbonyl (C=S) groups is 1. The predicted molar refractivity (Wildman–Crippen MR) is 102 cm³/mol. The molecule has 25 heavy (non-hydrogen) atoms. The Morgan fingerprint density at radius 1 is 1.20 bits per heavy atom. The van der Waals surface area contributed by atoms with Gasteiger partial charge in [0, 0.05) is 16.6 Å². The van der Waals surface area contributed by atoms with Crippen molar-refractivity contribution in [3.05, 3.63) is 64.9 Å². The molecule has 0 bridgehead atoms. The van der Waals surface area contributed by atoms with E-state index >= 15 is 0 Å². The van der Waals surface area contributed by atoms with E-state index in [1.54, 1.807) is 12.1 Å². The first-order valence-corrected chi connectivity index (χ1v) is 8.55. The van der Waals surface area contributed by atoms with Crippen LogP contribution in [-0.2, 0) is 9.59 Å². The first-order valence-electron chi connectivity index (χ1n) is 7.35. The van der Waals surface area contributed by atoms with Gasteiger partial charge in [0.25, 0.3) is 11.8 Å². The Bertz CT molecular complexity index is 899. The van der Waals surface area contributed by atoms with Crippen LogP contribution >= 0.6 is 28.1 Å². The minimum Gasteiger partial charge on any atom is -0.457 e. The highest BCUT2D eigenvalue weighted by Crippen LogP contribution is 2.25. The zero-order valence-electron chi connectivity index (χ0n) is 13.0. The van der Waals surface area contributed by atoms with Gasteiger partial charge in [-0.3, -0.25) is 19.8 Å². The van der Waals surface area contributed by atoms with Crippen molar-refractivity contribution in [3.63, 3.8) is 0 Å². The lowest BCUT2D eigenvalue weighted by Gasteiger charge is -2.27. The first kappa shape index (κ1) is 17.3. The molecule has 0 atom stereocenters. The molecule has 1 fully saturated rings. The summed E-state index contributed by atoms with van der Waals surface area (Å²) in [6, 6.07) is 11.1. The van der Waals surface area contributed by atoms with Gasteiger partial charge in [-0.15, -0.1) is 6.58 Å². The van der Waals surface area contributed by atoms with Crippen molar-refractivity contribution in [3.8, 4) is 11.3 Å². The molecule has 2 amide bonds. The average molecular weight is 417 g/mol. The van der Waals surface area contributed by atoms with Crippen LogP contribution in [0.25, 0.3) is 17.4 Å². The predicted octanol–water partition coefficient (Wildman–Crippen LogP) is 3.52. The molecule has 1 saturated heterocycles. The SMILES string of the molecule is C=CCN1C(=O)/C(=C\c2ccc(-c3ccc(Br)cc3)o2)C(=O)NC1=S. The van der Waals surface area contributed by atoms with Crippen LogP contribution < -0.4 is 5.32 Å². The van der Waals surface area contributed by atoms with Gasteiger partial charge in [-0.25, -0.2) is 0 Å². The number of rotatable bonds is 4. The third-order valence-corrected chi connectivity index (χ3v) is 4.39. The standard InChI is InChI=1S/C18H13BrN2O3S/c1-2-9-21-17(23)14(16(22)20-18(21)25)10-13-7-8-15(24-13)11-3-5-12(19)6-4-11/h2-8,10H,1,9H2,(H,20,22,25)/b14-10-. The lowest BCUT2D eigenvalue weighted by atomic mass is 10.1. The van der Waals surface area contributed by atoms with Crippen LogP contribution in [0, 0.1) is 0 Å². The van der Waals surface area contributed by atoms with E-state index in [1.165, 1.54) is 17.1 Å². The van der Waals surface area contributed by atoms with Crippen molar-refractivity contribution in [2.45, 2.75) is 0 Å².